The van der Waals surface area contributed by atoms with Crippen LogP contribution in [0, 0.1) is 10.1 Å². The number of nitrogens with zero attached hydrogens (tertiary/aromatic N) is 2. The minimum Gasteiger partial charge on any atom is -0.379 e. The fourth-order valence-electron chi connectivity index (χ4n) is 2.51. The van der Waals surface area contributed by atoms with Crippen molar-refractivity contribution in [2.45, 2.75) is 26.2 Å². The standard InChI is InChI=1S/C16H24BrN3O3/c1-16(2,3)12-10-13(17)15(14(11-12)20(21)22)18-4-5-19-6-8-23-9-7-19/h10-11,18H,4-9H2,1-3H3. The fraction of sp³-hybridized carbons (Fsp3) is 0.625. The molecule has 0 spiro atoms. The molecule has 1 aromatic carbocycles. The first-order valence-electron chi connectivity index (χ1n) is 7.81. The van der Waals surface area contributed by atoms with Crippen molar-refractivity contribution in [3.05, 3.63) is 32.3 Å². The van der Waals surface area contributed by atoms with Gasteiger partial charge in [0.2, 0.25) is 0 Å². The van der Waals surface area contributed by atoms with Gasteiger partial charge in [-0.1, -0.05) is 20.8 Å². The van der Waals surface area contributed by atoms with Crippen LogP contribution in [0.25, 0.3) is 0 Å². The van der Waals surface area contributed by atoms with Gasteiger partial charge < -0.3 is 10.1 Å². The van der Waals surface area contributed by atoms with Crippen LogP contribution in [0.1, 0.15) is 26.3 Å². The maximum Gasteiger partial charge on any atom is 0.293 e. The van der Waals surface area contributed by atoms with E-state index in [9.17, 15) is 10.1 Å². The molecule has 0 aromatic heterocycles. The first kappa shape index (κ1) is 18.2. The van der Waals surface area contributed by atoms with Crippen molar-refractivity contribution in [3.8, 4) is 0 Å². The van der Waals surface area contributed by atoms with Crippen molar-refractivity contribution in [2.24, 2.45) is 0 Å². The topological polar surface area (TPSA) is 67.6 Å². The minimum atomic E-state index is -0.322. The lowest BCUT2D eigenvalue weighted by molar-refractivity contribution is -0.384. The molecule has 128 valence electrons. The molecule has 0 amide bonds. The van der Waals surface area contributed by atoms with Gasteiger partial charge in [-0.2, -0.15) is 0 Å². The van der Waals surface area contributed by atoms with Crippen LogP contribution in [-0.2, 0) is 10.2 Å². The number of rotatable bonds is 5. The Morgan fingerprint density at radius 3 is 2.57 bits per heavy atom. The second kappa shape index (κ2) is 7.59. The third kappa shape index (κ3) is 4.89. The number of anilines is 1. The Balaban J connectivity index is 2.12. The summed E-state index contributed by atoms with van der Waals surface area (Å²) in [5, 5.41) is 14.7. The van der Waals surface area contributed by atoms with Crippen LogP contribution in [0.15, 0.2) is 16.6 Å². The van der Waals surface area contributed by atoms with Crippen LogP contribution < -0.4 is 5.32 Å². The summed E-state index contributed by atoms with van der Waals surface area (Å²) in [6.45, 7) is 11.0. The van der Waals surface area contributed by atoms with Gasteiger partial charge in [0.05, 0.1) is 18.1 Å². The van der Waals surface area contributed by atoms with Crippen molar-refractivity contribution in [3.63, 3.8) is 0 Å². The van der Waals surface area contributed by atoms with Gasteiger partial charge in [0.15, 0.2) is 0 Å². The first-order chi connectivity index (χ1) is 10.8. The van der Waals surface area contributed by atoms with E-state index < -0.39 is 0 Å². The molecule has 0 aliphatic carbocycles. The van der Waals surface area contributed by atoms with Crippen LogP contribution >= 0.6 is 15.9 Å². The Morgan fingerprint density at radius 1 is 1.35 bits per heavy atom. The number of benzene rings is 1. The SMILES string of the molecule is CC(C)(C)c1cc(Br)c(NCCN2CCOCC2)c([N+](=O)[O-])c1. The maximum atomic E-state index is 11.4. The smallest absolute Gasteiger partial charge is 0.293 e. The summed E-state index contributed by atoms with van der Waals surface area (Å²) in [5.74, 6) is 0. The number of ether oxygens (including phenoxy) is 1. The van der Waals surface area contributed by atoms with E-state index in [0.717, 1.165) is 42.9 Å². The highest BCUT2D eigenvalue weighted by Crippen LogP contribution is 2.37. The molecular weight excluding hydrogens is 362 g/mol. The number of morpholine rings is 1. The van der Waals surface area contributed by atoms with Crippen molar-refractivity contribution >= 4 is 27.3 Å². The third-order valence-corrected chi connectivity index (χ3v) is 4.59. The van der Waals surface area contributed by atoms with Gasteiger partial charge in [-0.3, -0.25) is 15.0 Å². The second-order valence-electron chi connectivity index (χ2n) is 6.74. The van der Waals surface area contributed by atoms with Crippen LogP contribution in [0.2, 0.25) is 0 Å². The summed E-state index contributed by atoms with van der Waals surface area (Å²) < 4.78 is 6.05. The number of nitro benzene ring substituents is 1. The van der Waals surface area contributed by atoms with Gasteiger partial charge in [0.1, 0.15) is 5.69 Å². The molecule has 0 unspecified atom stereocenters. The largest absolute Gasteiger partial charge is 0.379 e. The fourth-order valence-corrected chi connectivity index (χ4v) is 3.10. The quantitative estimate of drug-likeness (QED) is 0.621. The molecule has 0 saturated carbocycles. The van der Waals surface area contributed by atoms with Crippen LogP contribution in [0.3, 0.4) is 0 Å². The van der Waals surface area contributed by atoms with Crippen molar-refractivity contribution < 1.29 is 9.66 Å². The average molecular weight is 386 g/mol. The molecule has 1 heterocycles. The van der Waals surface area contributed by atoms with E-state index in [4.69, 9.17) is 4.74 Å². The molecule has 2 rings (SSSR count). The number of nitrogens with one attached hydrogen (secondary N) is 1. The molecule has 1 aliphatic rings. The Kier molecular flexibility index (Phi) is 6.00. The summed E-state index contributed by atoms with van der Waals surface area (Å²) in [6.07, 6.45) is 0. The van der Waals surface area contributed by atoms with Gasteiger partial charge in [-0.25, -0.2) is 0 Å². The zero-order chi connectivity index (χ0) is 17.0. The van der Waals surface area contributed by atoms with Crippen molar-refractivity contribution in [1.29, 1.82) is 0 Å². The molecular formula is C16H24BrN3O3. The molecule has 23 heavy (non-hydrogen) atoms. The van der Waals surface area contributed by atoms with E-state index >= 15 is 0 Å². The van der Waals surface area contributed by atoms with Gasteiger partial charge in [-0.05, 0) is 33.0 Å². The summed E-state index contributed by atoms with van der Waals surface area (Å²) in [6, 6.07) is 3.63. The lowest BCUT2D eigenvalue weighted by Gasteiger charge is -2.26. The average Bonchev–Trinajstić information content (AvgIpc) is 2.48. The molecule has 7 heteroatoms. The molecule has 6 nitrogen and oxygen atoms in total. The Bertz CT molecular complexity index is 566. The van der Waals surface area contributed by atoms with Crippen LogP contribution in [0.4, 0.5) is 11.4 Å². The lowest BCUT2D eigenvalue weighted by atomic mass is 9.86. The summed E-state index contributed by atoms with van der Waals surface area (Å²) in [5.41, 5.74) is 1.47. The van der Waals surface area contributed by atoms with Gasteiger partial charge in [-0.15, -0.1) is 0 Å². The normalized spacial score (nSPS) is 16.3. The predicted molar refractivity (Wildman–Crippen MR) is 95.2 cm³/mol. The zero-order valence-electron chi connectivity index (χ0n) is 13.9. The highest BCUT2D eigenvalue weighted by Gasteiger charge is 2.23. The van der Waals surface area contributed by atoms with E-state index in [2.05, 4.69) is 26.1 Å². The van der Waals surface area contributed by atoms with Crippen molar-refractivity contribution in [2.75, 3.05) is 44.7 Å². The van der Waals surface area contributed by atoms with E-state index in [1.807, 2.05) is 26.8 Å². The molecule has 0 radical (unpaired) electrons. The van der Waals surface area contributed by atoms with E-state index in [0.29, 0.717) is 12.2 Å². The Morgan fingerprint density at radius 2 is 2.00 bits per heavy atom. The highest BCUT2D eigenvalue weighted by atomic mass is 79.9. The maximum absolute atomic E-state index is 11.4. The molecule has 1 saturated heterocycles. The third-order valence-electron chi connectivity index (χ3n) is 3.97. The predicted octanol–water partition coefficient (Wildman–Crippen LogP) is 3.40. The first-order valence-corrected chi connectivity index (χ1v) is 8.61. The second-order valence-corrected chi connectivity index (χ2v) is 7.59. The molecule has 0 bridgehead atoms. The van der Waals surface area contributed by atoms with E-state index in [1.165, 1.54) is 0 Å². The van der Waals surface area contributed by atoms with Gasteiger partial charge >= 0.3 is 0 Å². The summed E-state index contributed by atoms with van der Waals surface area (Å²) in [7, 11) is 0. The Labute approximate surface area is 145 Å². The number of halogens is 1. The highest BCUT2D eigenvalue weighted by molar-refractivity contribution is 9.10. The van der Waals surface area contributed by atoms with E-state index in [1.54, 1.807) is 6.07 Å². The minimum absolute atomic E-state index is 0.117. The monoisotopic (exact) mass is 385 g/mol. The molecule has 1 aliphatic heterocycles. The molecule has 1 N–H and O–H groups in total. The number of nitro groups is 1. The molecule has 0 atom stereocenters. The van der Waals surface area contributed by atoms with Gasteiger partial charge in [0, 0.05) is 36.7 Å². The van der Waals surface area contributed by atoms with Gasteiger partial charge in [0.25, 0.3) is 5.69 Å². The number of hydrogen-bond acceptors (Lipinski definition) is 5. The van der Waals surface area contributed by atoms with E-state index in [-0.39, 0.29) is 16.0 Å². The van der Waals surface area contributed by atoms with Crippen LogP contribution in [-0.4, -0.2) is 49.2 Å². The molecule has 1 aromatic rings. The summed E-state index contributed by atoms with van der Waals surface area (Å²) >= 11 is 3.48. The Hall–Kier alpha value is -1.18. The number of hydrogen-bond donors (Lipinski definition) is 1. The zero-order valence-corrected chi connectivity index (χ0v) is 15.5. The van der Waals surface area contributed by atoms with Crippen LogP contribution in [0.5, 0.6) is 0 Å². The molecule has 1 fully saturated rings. The lowest BCUT2D eigenvalue weighted by Crippen LogP contribution is -2.39. The summed E-state index contributed by atoms with van der Waals surface area (Å²) in [4.78, 5) is 13.4. The van der Waals surface area contributed by atoms with Crippen molar-refractivity contribution in [1.82, 2.24) is 4.90 Å².